The summed E-state index contributed by atoms with van der Waals surface area (Å²) in [5, 5.41) is 5.14. The number of aromatic nitrogens is 1. The molecule has 1 aliphatic carbocycles. The minimum Gasteiger partial charge on any atom is -0.312 e. The minimum atomic E-state index is -4.22. The fourth-order valence-electron chi connectivity index (χ4n) is 4.54. The van der Waals surface area contributed by atoms with Gasteiger partial charge in [0.2, 0.25) is 15.9 Å². The molecule has 0 saturated carbocycles. The standard InChI is InChI=1S/C23H20FN3O3S/c24-19-12-16-6-8-27(21(16)13-22(19)31(25,29)30)23(28)18-9-14-4-5-15(10-17(14)11-18)20-3-1-2-7-26-20/h1-5,7,10,12-13,18H,6,8-9,11H2,(H2,25,29,30). The van der Waals surface area contributed by atoms with Crippen LogP contribution < -0.4 is 10.0 Å². The number of fused-ring (bicyclic) bond motifs is 2. The van der Waals surface area contributed by atoms with Crippen molar-refractivity contribution in [2.75, 3.05) is 11.4 Å². The summed E-state index contributed by atoms with van der Waals surface area (Å²) in [6.07, 6.45) is 3.44. The Morgan fingerprint density at radius 2 is 1.87 bits per heavy atom. The second-order valence-electron chi connectivity index (χ2n) is 8.00. The molecular weight excluding hydrogens is 417 g/mol. The largest absolute Gasteiger partial charge is 0.312 e. The van der Waals surface area contributed by atoms with E-state index in [4.69, 9.17) is 5.14 Å². The molecule has 31 heavy (non-hydrogen) atoms. The third-order valence-corrected chi connectivity index (χ3v) is 6.98. The lowest BCUT2D eigenvalue weighted by atomic mass is 10.0. The smallest absolute Gasteiger partial charge is 0.241 e. The predicted octanol–water partition coefficient (Wildman–Crippen LogP) is 2.84. The SMILES string of the molecule is NS(=O)(=O)c1cc2c(cc1F)CCN2C(=O)C1Cc2ccc(-c3ccccn3)cc2C1. The number of nitrogens with zero attached hydrogens (tertiary/aromatic N) is 2. The Balaban J connectivity index is 1.41. The summed E-state index contributed by atoms with van der Waals surface area (Å²) < 4.78 is 37.6. The van der Waals surface area contributed by atoms with Crippen molar-refractivity contribution < 1.29 is 17.6 Å². The summed E-state index contributed by atoms with van der Waals surface area (Å²) in [5.41, 5.74) is 5.18. The van der Waals surface area contributed by atoms with E-state index in [0.717, 1.165) is 22.4 Å². The van der Waals surface area contributed by atoms with Crippen LogP contribution in [0.4, 0.5) is 10.1 Å². The summed E-state index contributed by atoms with van der Waals surface area (Å²) >= 11 is 0. The minimum absolute atomic E-state index is 0.0821. The maximum Gasteiger partial charge on any atom is 0.241 e. The molecule has 1 aliphatic heterocycles. The third-order valence-electron chi connectivity index (χ3n) is 6.05. The molecule has 0 fully saturated rings. The van der Waals surface area contributed by atoms with Gasteiger partial charge in [-0.3, -0.25) is 9.78 Å². The molecule has 0 radical (unpaired) electrons. The van der Waals surface area contributed by atoms with Crippen LogP contribution in [0, 0.1) is 11.7 Å². The van der Waals surface area contributed by atoms with Crippen molar-refractivity contribution in [1.29, 1.82) is 0 Å². The Hall–Kier alpha value is -3.10. The highest BCUT2D eigenvalue weighted by molar-refractivity contribution is 7.89. The number of primary sulfonamides is 1. The number of halogens is 1. The number of rotatable bonds is 3. The first-order valence-electron chi connectivity index (χ1n) is 10.0. The topological polar surface area (TPSA) is 93.4 Å². The first kappa shape index (κ1) is 19.8. The number of anilines is 1. The fourth-order valence-corrected chi connectivity index (χ4v) is 5.15. The van der Waals surface area contributed by atoms with Gasteiger partial charge in [-0.25, -0.2) is 17.9 Å². The van der Waals surface area contributed by atoms with E-state index >= 15 is 0 Å². The number of sulfonamides is 1. The molecule has 158 valence electrons. The average Bonchev–Trinajstić information content (AvgIpc) is 3.35. The molecular formula is C23H20FN3O3S. The number of benzene rings is 2. The van der Waals surface area contributed by atoms with Crippen LogP contribution in [-0.4, -0.2) is 25.9 Å². The molecule has 2 aromatic carbocycles. The highest BCUT2D eigenvalue weighted by atomic mass is 32.2. The molecule has 1 amide bonds. The zero-order valence-corrected chi connectivity index (χ0v) is 17.4. The lowest BCUT2D eigenvalue weighted by Gasteiger charge is -2.21. The third kappa shape index (κ3) is 3.51. The van der Waals surface area contributed by atoms with Crippen LogP contribution in [0.25, 0.3) is 11.3 Å². The average molecular weight is 437 g/mol. The van der Waals surface area contributed by atoms with Gasteiger partial charge in [0.15, 0.2) is 0 Å². The lowest BCUT2D eigenvalue weighted by molar-refractivity contribution is -0.122. The molecule has 5 rings (SSSR count). The first-order valence-corrected chi connectivity index (χ1v) is 11.6. The van der Waals surface area contributed by atoms with Crippen LogP contribution in [0.3, 0.4) is 0 Å². The highest BCUT2D eigenvalue weighted by Crippen LogP contribution is 2.36. The molecule has 2 N–H and O–H groups in total. The maximum absolute atomic E-state index is 14.2. The Morgan fingerprint density at radius 3 is 2.61 bits per heavy atom. The molecule has 1 atom stereocenters. The Morgan fingerprint density at radius 1 is 1.06 bits per heavy atom. The number of nitrogens with two attached hydrogens (primary N) is 1. The molecule has 8 heteroatoms. The van der Waals surface area contributed by atoms with Gasteiger partial charge in [0.1, 0.15) is 10.7 Å². The molecule has 3 aromatic rings. The van der Waals surface area contributed by atoms with E-state index in [-0.39, 0.29) is 11.8 Å². The number of pyridine rings is 1. The summed E-state index contributed by atoms with van der Waals surface area (Å²) in [7, 11) is -4.22. The normalized spacial score (nSPS) is 17.5. The Kier molecular flexibility index (Phi) is 4.64. The number of carbonyl (C=O) groups is 1. The summed E-state index contributed by atoms with van der Waals surface area (Å²) in [6, 6.07) is 14.2. The van der Waals surface area contributed by atoms with E-state index in [1.165, 1.54) is 12.1 Å². The van der Waals surface area contributed by atoms with Crippen molar-refractivity contribution in [1.82, 2.24) is 4.98 Å². The van der Waals surface area contributed by atoms with Gasteiger partial charge in [0.25, 0.3) is 0 Å². The van der Waals surface area contributed by atoms with Crippen molar-refractivity contribution in [3.8, 4) is 11.3 Å². The van der Waals surface area contributed by atoms with Gasteiger partial charge in [-0.15, -0.1) is 0 Å². The lowest BCUT2D eigenvalue weighted by Crippen LogP contribution is -2.35. The fraction of sp³-hybridized carbons (Fsp3) is 0.217. The van der Waals surface area contributed by atoms with E-state index in [0.29, 0.717) is 37.1 Å². The van der Waals surface area contributed by atoms with Crippen LogP contribution in [0.15, 0.2) is 59.6 Å². The van der Waals surface area contributed by atoms with Crippen molar-refractivity contribution >= 4 is 21.6 Å². The van der Waals surface area contributed by atoms with Crippen LogP contribution in [0.2, 0.25) is 0 Å². The van der Waals surface area contributed by atoms with Crippen molar-refractivity contribution in [3.05, 3.63) is 77.2 Å². The van der Waals surface area contributed by atoms with Gasteiger partial charge >= 0.3 is 0 Å². The molecule has 2 heterocycles. The number of amides is 1. The van der Waals surface area contributed by atoms with Crippen LogP contribution in [0.1, 0.15) is 16.7 Å². The highest BCUT2D eigenvalue weighted by Gasteiger charge is 2.35. The van der Waals surface area contributed by atoms with Gasteiger partial charge in [-0.05, 0) is 66.3 Å². The number of hydrogen-bond acceptors (Lipinski definition) is 4. The molecule has 0 bridgehead atoms. The number of hydrogen-bond donors (Lipinski definition) is 1. The van der Waals surface area contributed by atoms with Crippen molar-refractivity contribution in [2.24, 2.45) is 11.1 Å². The van der Waals surface area contributed by atoms with Gasteiger partial charge < -0.3 is 4.90 Å². The Bertz CT molecular complexity index is 1310. The molecule has 2 aliphatic rings. The zero-order chi connectivity index (χ0) is 21.8. The second kappa shape index (κ2) is 7.25. The predicted molar refractivity (Wildman–Crippen MR) is 114 cm³/mol. The maximum atomic E-state index is 14.2. The quantitative estimate of drug-likeness (QED) is 0.682. The molecule has 0 saturated heterocycles. The van der Waals surface area contributed by atoms with E-state index in [1.54, 1.807) is 11.1 Å². The van der Waals surface area contributed by atoms with E-state index in [2.05, 4.69) is 11.1 Å². The van der Waals surface area contributed by atoms with Crippen LogP contribution >= 0.6 is 0 Å². The number of carbonyl (C=O) groups excluding carboxylic acids is 1. The van der Waals surface area contributed by atoms with Crippen LogP contribution in [-0.2, 0) is 34.1 Å². The second-order valence-corrected chi connectivity index (χ2v) is 9.53. The molecule has 0 spiro atoms. The summed E-state index contributed by atoms with van der Waals surface area (Å²) in [4.78, 5) is 18.7. The molecule has 1 aromatic heterocycles. The van der Waals surface area contributed by atoms with Gasteiger partial charge in [-0.1, -0.05) is 18.2 Å². The van der Waals surface area contributed by atoms with Crippen molar-refractivity contribution in [3.63, 3.8) is 0 Å². The molecule has 6 nitrogen and oxygen atoms in total. The van der Waals surface area contributed by atoms with Gasteiger partial charge in [0, 0.05) is 29.9 Å². The van der Waals surface area contributed by atoms with Gasteiger partial charge in [0.05, 0.1) is 5.69 Å². The zero-order valence-electron chi connectivity index (χ0n) is 16.6. The first-order chi connectivity index (χ1) is 14.8. The summed E-state index contributed by atoms with van der Waals surface area (Å²) in [6.45, 7) is 0.397. The molecule has 1 unspecified atom stereocenters. The monoisotopic (exact) mass is 437 g/mol. The van der Waals surface area contributed by atoms with Crippen molar-refractivity contribution in [2.45, 2.75) is 24.2 Å². The van der Waals surface area contributed by atoms with E-state index < -0.39 is 20.7 Å². The van der Waals surface area contributed by atoms with Crippen LogP contribution in [0.5, 0.6) is 0 Å². The van der Waals surface area contributed by atoms with E-state index in [9.17, 15) is 17.6 Å². The Labute approximate surface area is 179 Å². The van der Waals surface area contributed by atoms with Gasteiger partial charge in [-0.2, -0.15) is 0 Å². The van der Waals surface area contributed by atoms with E-state index in [1.807, 2.05) is 30.3 Å². The summed E-state index contributed by atoms with van der Waals surface area (Å²) in [5.74, 6) is -1.21.